The highest BCUT2D eigenvalue weighted by atomic mass is 14.9. The van der Waals surface area contributed by atoms with Crippen molar-refractivity contribution >= 4 is 16.5 Å². The Kier molecular flexibility index (Phi) is 4.59. The van der Waals surface area contributed by atoms with Crippen LogP contribution in [0, 0.1) is 6.92 Å². The van der Waals surface area contributed by atoms with Crippen molar-refractivity contribution in [1.82, 2.24) is 5.32 Å². The molecule has 0 atom stereocenters. The monoisotopic (exact) mass is 242 g/mol. The number of anilines is 1. The van der Waals surface area contributed by atoms with Gasteiger partial charge in [-0.05, 0) is 56.3 Å². The standard InChI is InChI=1S/C16H22N2/c1-13-5-6-15-12-16(8-7-14(15)11-13)18-10-4-3-9-17-2/h5-8,11-12,17-18H,3-4,9-10H2,1-2H3. The molecule has 2 heteroatoms. The predicted octanol–water partition coefficient (Wildman–Crippen LogP) is 3.56. The fourth-order valence-corrected chi connectivity index (χ4v) is 2.13. The van der Waals surface area contributed by atoms with Crippen LogP contribution >= 0.6 is 0 Å². The molecule has 0 radical (unpaired) electrons. The van der Waals surface area contributed by atoms with E-state index in [1.807, 2.05) is 7.05 Å². The third-order valence-electron chi connectivity index (χ3n) is 3.18. The van der Waals surface area contributed by atoms with Gasteiger partial charge in [0.05, 0.1) is 0 Å². The second kappa shape index (κ2) is 6.41. The van der Waals surface area contributed by atoms with Crippen LogP contribution in [0.5, 0.6) is 0 Å². The average molecular weight is 242 g/mol. The van der Waals surface area contributed by atoms with Crippen molar-refractivity contribution in [3.8, 4) is 0 Å². The van der Waals surface area contributed by atoms with Crippen LogP contribution in [0.15, 0.2) is 36.4 Å². The fourth-order valence-electron chi connectivity index (χ4n) is 2.13. The van der Waals surface area contributed by atoms with Crippen molar-refractivity contribution in [2.75, 3.05) is 25.5 Å². The molecule has 0 spiro atoms. The largest absolute Gasteiger partial charge is 0.385 e. The van der Waals surface area contributed by atoms with E-state index >= 15 is 0 Å². The van der Waals surface area contributed by atoms with Gasteiger partial charge in [0.2, 0.25) is 0 Å². The molecule has 0 aliphatic carbocycles. The molecule has 0 unspecified atom stereocenters. The zero-order valence-corrected chi connectivity index (χ0v) is 11.3. The Labute approximate surface area is 109 Å². The Balaban J connectivity index is 1.95. The molecular weight excluding hydrogens is 220 g/mol. The number of nitrogens with one attached hydrogen (secondary N) is 2. The normalized spacial score (nSPS) is 10.8. The Bertz CT molecular complexity index is 505. The second-order valence-corrected chi connectivity index (χ2v) is 4.80. The summed E-state index contributed by atoms with van der Waals surface area (Å²) >= 11 is 0. The van der Waals surface area contributed by atoms with E-state index in [1.54, 1.807) is 0 Å². The van der Waals surface area contributed by atoms with Crippen LogP contribution < -0.4 is 10.6 Å². The summed E-state index contributed by atoms with van der Waals surface area (Å²) in [6.45, 7) is 4.27. The SMILES string of the molecule is CNCCCCNc1ccc2cc(C)ccc2c1. The molecule has 2 nitrogen and oxygen atoms in total. The van der Waals surface area contributed by atoms with Gasteiger partial charge < -0.3 is 10.6 Å². The number of hydrogen-bond donors (Lipinski definition) is 2. The highest BCUT2D eigenvalue weighted by molar-refractivity contribution is 5.86. The molecule has 0 aliphatic rings. The molecule has 0 saturated heterocycles. The number of aryl methyl sites for hydroxylation is 1. The third-order valence-corrected chi connectivity index (χ3v) is 3.18. The van der Waals surface area contributed by atoms with Gasteiger partial charge in [-0.1, -0.05) is 29.8 Å². The zero-order valence-electron chi connectivity index (χ0n) is 11.3. The summed E-state index contributed by atoms with van der Waals surface area (Å²) in [5, 5.41) is 9.27. The first-order valence-electron chi connectivity index (χ1n) is 6.68. The maximum atomic E-state index is 3.48. The summed E-state index contributed by atoms with van der Waals surface area (Å²) in [7, 11) is 2.00. The van der Waals surface area contributed by atoms with E-state index in [0.29, 0.717) is 0 Å². The Morgan fingerprint density at radius 3 is 2.44 bits per heavy atom. The summed E-state index contributed by atoms with van der Waals surface area (Å²) in [6, 6.07) is 13.2. The molecule has 2 N–H and O–H groups in total. The molecule has 0 saturated carbocycles. The maximum Gasteiger partial charge on any atom is 0.0346 e. The van der Waals surface area contributed by atoms with Gasteiger partial charge in [0.15, 0.2) is 0 Å². The van der Waals surface area contributed by atoms with Gasteiger partial charge >= 0.3 is 0 Å². The van der Waals surface area contributed by atoms with Crippen LogP contribution in [-0.2, 0) is 0 Å². The van der Waals surface area contributed by atoms with E-state index in [-0.39, 0.29) is 0 Å². The summed E-state index contributed by atoms with van der Waals surface area (Å²) in [6.07, 6.45) is 2.42. The van der Waals surface area contributed by atoms with Crippen LogP contribution in [0.2, 0.25) is 0 Å². The van der Waals surface area contributed by atoms with Crippen molar-refractivity contribution in [3.63, 3.8) is 0 Å². The lowest BCUT2D eigenvalue weighted by atomic mass is 10.1. The predicted molar refractivity (Wildman–Crippen MR) is 80.3 cm³/mol. The molecule has 2 aromatic rings. The van der Waals surface area contributed by atoms with Gasteiger partial charge in [-0.3, -0.25) is 0 Å². The van der Waals surface area contributed by atoms with Crippen LogP contribution in [0.25, 0.3) is 10.8 Å². The van der Waals surface area contributed by atoms with E-state index in [1.165, 1.54) is 34.9 Å². The van der Waals surface area contributed by atoms with Crippen LogP contribution in [-0.4, -0.2) is 20.1 Å². The number of unbranched alkanes of at least 4 members (excludes halogenated alkanes) is 1. The smallest absolute Gasteiger partial charge is 0.0346 e. The van der Waals surface area contributed by atoms with Crippen molar-refractivity contribution in [2.45, 2.75) is 19.8 Å². The van der Waals surface area contributed by atoms with Crippen LogP contribution in [0.4, 0.5) is 5.69 Å². The average Bonchev–Trinajstić information content (AvgIpc) is 2.38. The lowest BCUT2D eigenvalue weighted by molar-refractivity contribution is 0.694. The van der Waals surface area contributed by atoms with E-state index in [4.69, 9.17) is 0 Å². The Morgan fingerprint density at radius 2 is 1.61 bits per heavy atom. The lowest BCUT2D eigenvalue weighted by Crippen LogP contribution is -2.10. The molecule has 0 aromatic heterocycles. The molecule has 18 heavy (non-hydrogen) atoms. The van der Waals surface area contributed by atoms with Crippen molar-refractivity contribution in [3.05, 3.63) is 42.0 Å². The van der Waals surface area contributed by atoms with E-state index in [2.05, 4.69) is 54.0 Å². The molecule has 0 bridgehead atoms. The van der Waals surface area contributed by atoms with Crippen LogP contribution in [0.1, 0.15) is 18.4 Å². The van der Waals surface area contributed by atoms with Gasteiger partial charge in [-0.2, -0.15) is 0 Å². The summed E-state index contributed by atoms with van der Waals surface area (Å²) in [5.74, 6) is 0. The highest BCUT2D eigenvalue weighted by Gasteiger charge is 1.96. The quantitative estimate of drug-likeness (QED) is 0.757. The fraction of sp³-hybridized carbons (Fsp3) is 0.375. The number of rotatable bonds is 6. The molecule has 0 aliphatic heterocycles. The summed E-state index contributed by atoms with van der Waals surface area (Å²) in [5.41, 5.74) is 2.53. The topological polar surface area (TPSA) is 24.1 Å². The summed E-state index contributed by atoms with van der Waals surface area (Å²) in [4.78, 5) is 0. The number of benzene rings is 2. The maximum absolute atomic E-state index is 3.48. The van der Waals surface area contributed by atoms with E-state index in [9.17, 15) is 0 Å². The minimum atomic E-state index is 1.04. The number of hydrogen-bond acceptors (Lipinski definition) is 2. The first kappa shape index (κ1) is 12.9. The highest BCUT2D eigenvalue weighted by Crippen LogP contribution is 2.20. The van der Waals surface area contributed by atoms with E-state index in [0.717, 1.165) is 13.1 Å². The second-order valence-electron chi connectivity index (χ2n) is 4.80. The first-order valence-corrected chi connectivity index (χ1v) is 6.68. The Hall–Kier alpha value is -1.54. The zero-order chi connectivity index (χ0) is 12.8. The van der Waals surface area contributed by atoms with Gasteiger partial charge in [0, 0.05) is 12.2 Å². The Morgan fingerprint density at radius 1 is 0.889 bits per heavy atom. The summed E-state index contributed by atoms with van der Waals surface area (Å²) < 4.78 is 0. The molecule has 0 amide bonds. The molecule has 2 aromatic carbocycles. The number of fused-ring (bicyclic) bond motifs is 1. The van der Waals surface area contributed by atoms with Gasteiger partial charge in [0.25, 0.3) is 0 Å². The molecule has 0 heterocycles. The van der Waals surface area contributed by atoms with Crippen molar-refractivity contribution < 1.29 is 0 Å². The lowest BCUT2D eigenvalue weighted by Gasteiger charge is -2.08. The minimum Gasteiger partial charge on any atom is -0.385 e. The minimum absolute atomic E-state index is 1.04. The first-order chi connectivity index (χ1) is 8.79. The molecule has 0 fully saturated rings. The third kappa shape index (κ3) is 3.47. The van der Waals surface area contributed by atoms with Crippen molar-refractivity contribution in [1.29, 1.82) is 0 Å². The molecular formula is C16H22N2. The van der Waals surface area contributed by atoms with Gasteiger partial charge in [0.1, 0.15) is 0 Å². The van der Waals surface area contributed by atoms with Gasteiger partial charge in [-0.15, -0.1) is 0 Å². The van der Waals surface area contributed by atoms with Crippen molar-refractivity contribution in [2.24, 2.45) is 0 Å². The molecule has 2 rings (SSSR count). The van der Waals surface area contributed by atoms with E-state index < -0.39 is 0 Å². The van der Waals surface area contributed by atoms with Gasteiger partial charge in [-0.25, -0.2) is 0 Å². The van der Waals surface area contributed by atoms with Crippen LogP contribution in [0.3, 0.4) is 0 Å². The molecule has 96 valence electrons.